The molecule has 1 aromatic rings. The average Bonchev–Trinajstić information content (AvgIpc) is 2.36. The fourth-order valence-electron chi connectivity index (χ4n) is 1.78. The summed E-state index contributed by atoms with van der Waals surface area (Å²) in [7, 11) is 0. The monoisotopic (exact) mass is 290 g/mol. The molecule has 1 aromatic carbocycles. The van der Waals surface area contributed by atoms with Gasteiger partial charge in [0.15, 0.2) is 0 Å². The van der Waals surface area contributed by atoms with Gasteiger partial charge < -0.3 is 16.2 Å². The van der Waals surface area contributed by atoms with Crippen LogP contribution in [0.3, 0.4) is 0 Å². The SMILES string of the molecule is Cc1ccc(C(=O)NC(C)CC(N)=O)cc1/C=C/C(=O)O. The van der Waals surface area contributed by atoms with Gasteiger partial charge in [-0.3, -0.25) is 9.59 Å². The van der Waals surface area contributed by atoms with Gasteiger partial charge in [-0.25, -0.2) is 4.79 Å². The molecule has 4 N–H and O–H groups in total. The van der Waals surface area contributed by atoms with E-state index in [0.29, 0.717) is 11.1 Å². The van der Waals surface area contributed by atoms with Crippen molar-refractivity contribution in [1.29, 1.82) is 0 Å². The lowest BCUT2D eigenvalue weighted by Gasteiger charge is -2.12. The largest absolute Gasteiger partial charge is 0.478 e. The van der Waals surface area contributed by atoms with Crippen molar-refractivity contribution in [3.8, 4) is 0 Å². The van der Waals surface area contributed by atoms with Gasteiger partial charge in [0, 0.05) is 24.1 Å². The number of aliphatic carboxylic acids is 1. The number of nitrogens with two attached hydrogens (primary N) is 1. The Morgan fingerprint density at radius 3 is 2.62 bits per heavy atom. The van der Waals surface area contributed by atoms with Crippen LogP contribution in [0.1, 0.15) is 34.8 Å². The fraction of sp³-hybridized carbons (Fsp3) is 0.267. The maximum Gasteiger partial charge on any atom is 0.328 e. The molecule has 0 bridgehead atoms. The second-order valence-corrected chi connectivity index (χ2v) is 4.79. The minimum atomic E-state index is -1.06. The van der Waals surface area contributed by atoms with Crippen molar-refractivity contribution in [2.24, 2.45) is 5.73 Å². The maximum atomic E-state index is 12.0. The minimum Gasteiger partial charge on any atom is -0.478 e. The maximum absolute atomic E-state index is 12.0. The van der Waals surface area contributed by atoms with E-state index in [0.717, 1.165) is 11.6 Å². The Labute approximate surface area is 122 Å². The first-order valence-corrected chi connectivity index (χ1v) is 6.40. The van der Waals surface area contributed by atoms with E-state index in [2.05, 4.69) is 5.32 Å². The number of rotatable bonds is 6. The fourth-order valence-corrected chi connectivity index (χ4v) is 1.78. The van der Waals surface area contributed by atoms with Crippen LogP contribution in [0.4, 0.5) is 0 Å². The number of carbonyl (C=O) groups is 3. The van der Waals surface area contributed by atoms with Gasteiger partial charge >= 0.3 is 5.97 Å². The van der Waals surface area contributed by atoms with Gasteiger partial charge in [0.05, 0.1) is 0 Å². The highest BCUT2D eigenvalue weighted by molar-refractivity contribution is 5.95. The van der Waals surface area contributed by atoms with Crippen molar-refractivity contribution in [2.45, 2.75) is 26.3 Å². The third-order valence-corrected chi connectivity index (χ3v) is 2.83. The number of carboxylic acids is 1. The molecule has 0 aromatic heterocycles. The number of aryl methyl sites for hydroxylation is 1. The van der Waals surface area contributed by atoms with Gasteiger partial charge in [-0.15, -0.1) is 0 Å². The standard InChI is InChI=1S/C15H18N2O4/c1-9-3-4-12(8-11(9)5-6-14(19)20)15(21)17-10(2)7-13(16)18/h3-6,8,10H,7H2,1-2H3,(H2,16,18)(H,17,21)(H,19,20)/b6-5+. The number of amides is 2. The third kappa shape index (κ3) is 5.48. The molecule has 0 heterocycles. The molecule has 1 atom stereocenters. The van der Waals surface area contributed by atoms with Crippen LogP contribution in [0.15, 0.2) is 24.3 Å². The first-order chi connectivity index (χ1) is 9.79. The molecule has 2 amide bonds. The predicted molar refractivity (Wildman–Crippen MR) is 78.6 cm³/mol. The number of carboxylic acid groups (broad SMARTS) is 1. The zero-order valence-electron chi connectivity index (χ0n) is 11.9. The van der Waals surface area contributed by atoms with Gasteiger partial charge in [0.25, 0.3) is 5.91 Å². The second kappa shape index (κ2) is 7.23. The van der Waals surface area contributed by atoms with E-state index in [1.165, 1.54) is 6.08 Å². The van der Waals surface area contributed by atoms with E-state index < -0.39 is 11.9 Å². The number of nitrogens with one attached hydrogen (secondary N) is 1. The van der Waals surface area contributed by atoms with Gasteiger partial charge in [-0.05, 0) is 43.2 Å². The first-order valence-electron chi connectivity index (χ1n) is 6.40. The smallest absolute Gasteiger partial charge is 0.328 e. The number of hydrogen-bond acceptors (Lipinski definition) is 3. The Morgan fingerprint density at radius 1 is 1.38 bits per heavy atom. The molecule has 0 aliphatic rings. The summed E-state index contributed by atoms with van der Waals surface area (Å²) in [5.74, 6) is -1.88. The molecule has 0 aliphatic heterocycles. The van der Waals surface area contributed by atoms with Crippen LogP contribution in [0.5, 0.6) is 0 Å². The summed E-state index contributed by atoms with van der Waals surface area (Å²) in [6.45, 7) is 3.50. The zero-order chi connectivity index (χ0) is 16.0. The normalized spacial score (nSPS) is 12.1. The van der Waals surface area contributed by atoms with E-state index in [4.69, 9.17) is 10.8 Å². The van der Waals surface area contributed by atoms with E-state index in [-0.39, 0.29) is 18.4 Å². The molecule has 6 nitrogen and oxygen atoms in total. The Hall–Kier alpha value is -2.63. The molecule has 0 fully saturated rings. The first kappa shape index (κ1) is 16.4. The van der Waals surface area contributed by atoms with Crippen molar-refractivity contribution < 1.29 is 19.5 Å². The van der Waals surface area contributed by atoms with Crippen LogP contribution in [0.2, 0.25) is 0 Å². The molecule has 0 spiro atoms. The van der Waals surface area contributed by atoms with Gasteiger partial charge in [0.2, 0.25) is 5.91 Å². The summed E-state index contributed by atoms with van der Waals surface area (Å²) < 4.78 is 0. The van der Waals surface area contributed by atoms with E-state index in [1.807, 2.05) is 6.92 Å². The quantitative estimate of drug-likeness (QED) is 0.681. The molecule has 6 heteroatoms. The predicted octanol–water partition coefficient (Wildman–Crippen LogP) is 1.09. The Kier molecular flexibility index (Phi) is 5.66. The molecule has 1 unspecified atom stereocenters. The third-order valence-electron chi connectivity index (χ3n) is 2.83. The summed E-state index contributed by atoms with van der Waals surface area (Å²) in [6.07, 6.45) is 2.50. The van der Waals surface area contributed by atoms with Gasteiger partial charge in [-0.2, -0.15) is 0 Å². The summed E-state index contributed by atoms with van der Waals surface area (Å²) in [5, 5.41) is 11.3. The molecular formula is C15H18N2O4. The average molecular weight is 290 g/mol. The van der Waals surface area contributed by atoms with Gasteiger partial charge in [0.1, 0.15) is 0 Å². The number of hydrogen-bond donors (Lipinski definition) is 3. The van der Waals surface area contributed by atoms with Crippen LogP contribution in [-0.4, -0.2) is 28.9 Å². The number of primary amides is 1. The van der Waals surface area contributed by atoms with Crippen molar-refractivity contribution >= 4 is 23.9 Å². The van der Waals surface area contributed by atoms with Crippen LogP contribution in [0.25, 0.3) is 6.08 Å². The van der Waals surface area contributed by atoms with Crippen molar-refractivity contribution in [3.05, 3.63) is 41.0 Å². The lowest BCUT2D eigenvalue weighted by Crippen LogP contribution is -2.35. The Balaban J connectivity index is 2.88. The number of benzene rings is 1. The lowest BCUT2D eigenvalue weighted by atomic mass is 10.0. The number of carbonyl (C=O) groups excluding carboxylic acids is 2. The Bertz CT molecular complexity index is 593. The van der Waals surface area contributed by atoms with Crippen molar-refractivity contribution in [3.63, 3.8) is 0 Å². The van der Waals surface area contributed by atoms with Crippen molar-refractivity contribution in [2.75, 3.05) is 0 Å². The van der Waals surface area contributed by atoms with Crippen LogP contribution in [-0.2, 0) is 9.59 Å². The van der Waals surface area contributed by atoms with E-state index >= 15 is 0 Å². The van der Waals surface area contributed by atoms with Crippen molar-refractivity contribution in [1.82, 2.24) is 5.32 Å². The molecule has 21 heavy (non-hydrogen) atoms. The summed E-state index contributed by atoms with van der Waals surface area (Å²) in [5.41, 5.74) is 6.96. The summed E-state index contributed by atoms with van der Waals surface area (Å²) in [6, 6.07) is 4.60. The lowest BCUT2D eigenvalue weighted by molar-refractivity contribution is -0.131. The van der Waals surface area contributed by atoms with Crippen LogP contribution in [0, 0.1) is 6.92 Å². The van der Waals surface area contributed by atoms with Gasteiger partial charge in [-0.1, -0.05) is 6.07 Å². The highest BCUT2D eigenvalue weighted by Crippen LogP contribution is 2.13. The molecule has 0 saturated heterocycles. The highest BCUT2D eigenvalue weighted by atomic mass is 16.4. The molecule has 112 valence electrons. The van der Waals surface area contributed by atoms with E-state index in [9.17, 15) is 14.4 Å². The molecule has 1 rings (SSSR count). The molecule has 0 aliphatic carbocycles. The van der Waals surface area contributed by atoms with Crippen LogP contribution >= 0.6 is 0 Å². The summed E-state index contributed by atoms with van der Waals surface area (Å²) in [4.78, 5) is 33.4. The molecule has 0 radical (unpaired) electrons. The molecule has 0 saturated carbocycles. The Morgan fingerprint density at radius 2 is 2.05 bits per heavy atom. The zero-order valence-corrected chi connectivity index (χ0v) is 11.9. The summed E-state index contributed by atoms with van der Waals surface area (Å²) >= 11 is 0. The molecular weight excluding hydrogens is 272 g/mol. The topological polar surface area (TPSA) is 109 Å². The minimum absolute atomic E-state index is 0.0589. The van der Waals surface area contributed by atoms with Crippen LogP contribution < -0.4 is 11.1 Å². The second-order valence-electron chi connectivity index (χ2n) is 4.79. The highest BCUT2D eigenvalue weighted by Gasteiger charge is 2.12. The van der Waals surface area contributed by atoms with E-state index in [1.54, 1.807) is 25.1 Å².